The van der Waals surface area contributed by atoms with Crippen molar-refractivity contribution < 1.29 is 4.79 Å². The van der Waals surface area contributed by atoms with Crippen molar-refractivity contribution in [2.24, 2.45) is 0 Å². The lowest BCUT2D eigenvalue weighted by molar-refractivity contribution is 0.0792. The minimum absolute atomic E-state index is 0.143. The van der Waals surface area contributed by atoms with Gasteiger partial charge in [0.1, 0.15) is 12.2 Å². The molecule has 2 aromatic rings. The molecule has 0 radical (unpaired) electrons. The third-order valence-corrected chi connectivity index (χ3v) is 4.25. The number of aryl methyl sites for hydroxylation is 2. The summed E-state index contributed by atoms with van der Waals surface area (Å²) in [5.41, 5.74) is 2.99. The van der Waals surface area contributed by atoms with Gasteiger partial charge in [-0.05, 0) is 32.4 Å². The molecule has 0 amide bonds. The standard InChI is InChI=1S/C16H20N4O/c1-11-4-5-12(2)14(8-11)16(21)13(3)19-6-7-20-10-17-18-15(20)9-19/h4-5,8,10,13H,6-7,9H2,1-3H3. The first-order chi connectivity index (χ1) is 10.1. The third-order valence-electron chi connectivity index (χ3n) is 4.25. The van der Waals surface area contributed by atoms with E-state index in [1.54, 1.807) is 6.33 Å². The van der Waals surface area contributed by atoms with Crippen LogP contribution in [0.5, 0.6) is 0 Å². The van der Waals surface area contributed by atoms with Gasteiger partial charge < -0.3 is 4.57 Å². The molecule has 0 saturated heterocycles. The average molecular weight is 284 g/mol. The summed E-state index contributed by atoms with van der Waals surface area (Å²) in [4.78, 5) is 15.0. The fraction of sp³-hybridized carbons (Fsp3) is 0.438. The van der Waals surface area contributed by atoms with Crippen molar-refractivity contribution in [2.45, 2.75) is 39.9 Å². The Hall–Kier alpha value is -2.01. The highest BCUT2D eigenvalue weighted by Crippen LogP contribution is 2.18. The van der Waals surface area contributed by atoms with Crippen LogP contribution in [0, 0.1) is 13.8 Å². The smallest absolute Gasteiger partial charge is 0.179 e. The Morgan fingerprint density at radius 1 is 1.29 bits per heavy atom. The van der Waals surface area contributed by atoms with Gasteiger partial charge in [-0.2, -0.15) is 0 Å². The molecule has 21 heavy (non-hydrogen) atoms. The van der Waals surface area contributed by atoms with Crippen LogP contribution in [0.25, 0.3) is 0 Å². The topological polar surface area (TPSA) is 51.0 Å². The maximum Gasteiger partial charge on any atom is 0.179 e. The molecule has 0 saturated carbocycles. The Morgan fingerprint density at radius 2 is 2.10 bits per heavy atom. The lowest BCUT2D eigenvalue weighted by Crippen LogP contribution is -2.43. The number of hydrogen-bond acceptors (Lipinski definition) is 4. The summed E-state index contributed by atoms with van der Waals surface area (Å²) in [6, 6.07) is 5.90. The first-order valence-electron chi connectivity index (χ1n) is 7.28. The molecule has 0 fully saturated rings. The first kappa shape index (κ1) is 13.9. The van der Waals surface area contributed by atoms with Gasteiger partial charge in [0.05, 0.1) is 12.6 Å². The number of rotatable bonds is 3. The van der Waals surface area contributed by atoms with E-state index in [1.165, 1.54) is 0 Å². The highest BCUT2D eigenvalue weighted by atomic mass is 16.1. The highest BCUT2D eigenvalue weighted by Gasteiger charge is 2.27. The quantitative estimate of drug-likeness (QED) is 0.809. The zero-order valence-electron chi connectivity index (χ0n) is 12.7. The number of carbonyl (C=O) groups is 1. The van der Waals surface area contributed by atoms with Gasteiger partial charge in [0.25, 0.3) is 0 Å². The van der Waals surface area contributed by atoms with Crippen LogP contribution < -0.4 is 0 Å². The van der Waals surface area contributed by atoms with Crippen molar-refractivity contribution in [2.75, 3.05) is 6.54 Å². The van der Waals surface area contributed by atoms with Crippen molar-refractivity contribution in [1.82, 2.24) is 19.7 Å². The number of fused-ring (bicyclic) bond motifs is 1. The average Bonchev–Trinajstić information content (AvgIpc) is 2.95. The van der Waals surface area contributed by atoms with E-state index in [0.717, 1.165) is 35.6 Å². The molecule has 0 aliphatic carbocycles. The van der Waals surface area contributed by atoms with Crippen LogP contribution in [0.2, 0.25) is 0 Å². The minimum Gasteiger partial charge on any atom is -0.315 e. The normalized spacial score (nSPS) is 16.5. The molecule has 3 rings (SSSR count). The minimum atomic E-state index is -0.143. The van der Waals surface area contributed by atoms with Crippen LogP contribution in [0.1, 0.15) is 34.2 Å². The van der Waals surface area contributed by atoms with E-state index in [9.17, 15) is 4.79 Å². The molecular formula is C16H20N4O. The molecule has 2 heterocycles. The summed E-state index contributed by atoms with van der Waals surface area (Å²) < 4.78 is 2.05. The first-order valence-corrected chi connectivity index (χ1v) is 7.28. The van der Waals surface area contributed by atoms with Crippen molar-refractivity contribution in [1.29, 1.82) is 0 Å². The molecule has 5 nitrogen and oxygen atoms in total. The molecule has 1 atom stereocenters. The van der Waals surface area contributed by atoms with Gasteiger partial charge in [-0.3, -0.25) is 9.69 Å². The lowest BCUT2D eigenvalue weighted by Gasteiger charge is -2.31. The number of aromatic nitrogens is 3. The summed E-state index contributed by atoms with van der Waals surface area (Å²) in [5.74, 6) is 1.12. The van der Waals surface area contributed by atoms with E-state index in [-0.39, 0.29) is 11.8 Å². The van der Waals surface area contributed by atoms with E-state index < -0.39 is 0 Å². The van der Waals surface area contributed by atoms with Crippen LogP contribution in [0.4, 0.5) is 0 Å². The molecule has 0 bridgehead atoms. The predicted molar refractivity (Wildman–Crippen MR) is 80.1 cm³/mol. The molecule has 1 aromatic carbocycles. The Bertz CT molecular complexity index is 677. The van der Waals surface area contributed by atoms with Gasteiger partial charge in [-0.15, -0.1) is 10.2 Å². The molecule has 1 aromatic heterocycles. The van der Waals surface area contributed by atoms with E-state index >= 15 is 0 Å². The molecule has 1 unspecified atom stereocenters. The summed E-state index contributed by atoms with van der Waals surface area (Å²) in [6.07, 6.45) is 1.75. The van der Waals surface area contributed by atoms with Gasteiger partial charge in [0.15, 0.2) is 5.78 Å². The summed E-state index contributed by atoms with van der Waals surface area (Å²) in [5, 5.41) is 8.04. The Kier molecular flexibility index (Phi) is 3.59. The highest BCUT2D eigenvalue weighted by molar-refractivity contribution is 6.01. The Balaban J connectivity index is 1.81. The third kappa shape index (κ3) is 2.61. The van der Waals surface area contributed by atoms with Gasteiger partial charge in [-0.1, -0.05) is 17.7 Å². The monoisotopic (exact) mass is 284 g/mol. The number of nitrogens with zero attached hydrogens (tertiary/aromatic N) is 4. The SMILES string of the molecule is Cc1ccc(C)c(C(=O)C(C)N2CCn3cnnc3C2)c1. The number of Topliss-reactive ketones (excluding diaryl/α,β-unsaturated/α-hetero) is 1. The number of carbonyl (C=O) groups excluding carboxylic acids is 1. The molecule has 0 N–H and O–H groups in total. The van der Waals surface area contributed by atoms with E-state index in [2.05, 4.69) is 15.1 Å². The van der Waals surface area contributed by atoms with Crippen molar-refractivity contribution in [3.63, 3.8) is 0 Å². The second-order valence-corrected chi connectivity index (χ2v) is 5.77. The van der Waals surface area contributed by atoms with Crippen LogP contribution >= 0.6 is 0 Å². The second-order valence-electron chi connectivity index (χ2n) is 5.77. The molecule has 1 aliphatic rings. The van der Waals surface area contributed by atoms with Crippen molar-refractivity contribution >= 4 is 5.78 Å². The van der Waals surface area contributed by atoms with Gasteiger partial charge >= 0.3 is 0 Å². The van der Waals surface area contributed by atoms with Crippen LogP contribution in [-0.4, -0.2) is 38.0 Å². The fourth-order valence-corrected chi connectivity index (χ4v) is 2.81. The Labute approximate surface area is 124 Å². The molecule has 0 spiro atoms. The zero-order valence-corrected chi connectivity index (χ0v) is 12.7. The van der Waals surface area contributed by atoms with Crippen LogP contribution in [-0.2, 0) is 13.1 Å². The van der Waals surface area contributed by atoms with Crippen molar-refractivity contribution in [3.05, 3.63) is 47.0 Å². The second kappa shape index (κ2) is 5.41. The molecule has 1 aliphatic heterocycles. The van der Waals surface area contributed by atoms with Gasteiger partial charge in [-0.25, -0.2) is 0 Å². The predicted octanol–water partition coefficient (Wildman–Crippen LogP) is 1.98. The number of ketones is 1. The van der Waals surface area contributed by atoms with E-state index in [1.807, 2.05) is 43.5 Å². The number of hydrogen-bond donors (Lipinski definition) is 0. The van der Waals surface area contributed by atoms with Crippen LogP contribution in [0.15, 0.2) is 24.5 Å². The largest absolute Gasteiger partial charge is 0.315 e. The van der Waals surface area contributed by atoms with Crippen LogP contribution in [0.3, 0.4) is 0 Å². The van der Waals surface area contributed by atoms with Gasteiger partial charge in [0, 0.05) is 18.7 Å². The van der Waals surface area contributed by atoms with Crippen molar-refractivity contribution in [3.8, 4) is 0 Å². The maximum absolute atomic E-state index is 12.8. The summed E-state index contributed by atoms with van der Waals surface area (Å²) >= 11 is 0. The summed E-state index contributed by atoms with van der Waals surface area (Å²) in [7, 11) is 0. The van der Waals surface area contributed by atoms with E-state index in [0.29, 0.717) is 6.54 Å². The number of benzene rings is 1. The maximum atomic E-state index is 12.8. The summed E-state index contributed by atoms with van der Waals surface area (Å²) in [6.45, 7) is 8.36. The Morgan fingerprint density at radius 3 is 2.90 bits per heavy atom. The van der Waals surface area contributed by atoms with E-state index in [4.69, 9.17) is 0 Å². The molecule has 110 valence electrons. The lowest BCUT2D eigenvalue weighted by atomic mass is 9.97. The van der Waals surface area contributed by atoms with Gasteiger partial charge in [0.2, 0.25) is 0 Å². The molecule has 5 heteroatoms. The zero-order chi connectivity index (χ0) is 15.0. The molecular weight excluding hydrogens is 264 g/mol. The fourth-order valence-electron chi connectivity index (χ4n) is 2.81.